The molecule has 2 bridgehead atoms. The van der Waals surface area contributed by atoms with Crippen LogP contribution < -0.4 is 5.43 Å². The van der Waals surface area contributed by atoms with Crippen LogP contribution in [-0.4, -0.2) is 40.7 Å². The fourth-order valence-corrected chi connectivity index (χ4v) is 2.34. The number of hydrazine groups is 2. The fourth-order valence-electron chi connectivity index (χ4n) is 2.34. The second-order valence-corrected chi connectivity index (χ2v) is 4.33. The molecule has 2 saturated heterocycles. The Labute approximate surface area is 94.0 Å². The highest BCUT2D eigenvalue weighted by molar-refractivity contribution is 5.93. The monoisotopic (exact) mass is 218 g/mol. The highest BCUT2D eigenvalue weighted by atomic mass is 16.2. The van der Waals surface area contributed by atoms with Gasteiger partial charge in [0.25, 0.3) is 5.91 Å². The van der Waals surface area contributed by atoms with E-state index in [1.165, 1.54) is 6.42 Å². The van der Waals surface area contributed by atoms with E-state index in [0.29, 0.717) is 11.5 Å². The van der Waals surface area contributed by atoms with Crippen molar-refractivity contribution in [1.29, 1.82) is 0 Å². The van der Waals surface area contributed by atoms with Crippen molar-refractivity contribution in [2.75, 3.05) is 19.6 Å². The van der Waals surface area contributed by atoms with Crippen LogP contribution in [-0.2, 0) is 0 Å². The average molecular weight is 218 g/mol. The van der Waals surface area contributed by atoms with E-state index in [0.717, 1.165) is 19.6 Å². The highest BCUT2D eigenvalue weighted by Gasteiger charge is 2.36. The summed E-state index contributed by atoms with van der Waals surface area (Å²) in [4.78, 5) is 15.8. The molecule has 0 spiro atoms. The van der Waals surface area contributed by atoms with Crippen LogP contribution in [0.2, 0.25) is 0 Å². The minimum absolute atomic E-state index is 0.0827. The second kappa shape index (κ2) is 3.84. The molecule has 5 nitrogen and oxygen atoms in total. The summed E-state index contributed by atoms with van der Waals surface area (Å²) in [5, 5.41) is 4.13. The number of rotatable bonds is 2. The standard InChI is InChI=1S/C11H14N4O/c16-11(10-2-1-4-12-6-10)13-15-8-9-3-5-14(15)7-9/h1-2,4,6,9H,3,5,7-8H2,(H,13,16). The molecule has 3 heterocycles. The van der Waals surface area contributed by atoms with Gasteiger partial charge < -0.3 is 0 Å². The Hall–Kier alpha value is -1.46. The third kappa shape index (κ3) is 1.68. The first kappa shape index (κ1) is 9.74. The predicted octanol–water partition coefficient (Wildman–Crippen LogP) is 0.279. The molecule has 84 valence electrons. The average Bonchev–Trinajstić information content (AvgIpc) is 2.92. The summed E-state index contributed by atoms with van der Waals surface area (Å²) in [6, 6.07) is 3.54. The van der Waals surface area contributed by atoms with Crippen LogP contribution in [0, 0.1) is 5.92 Å². The Morgan fingerprint density at radius 3 is 3.06 bits per heavy atom. The van der Waals surface area contributed by atoms with Gasteiger partial charge in [-0.25, -0.2) is 5.01 Å². The van der Waals surface area contributed by atoms with Gasteiger partial charge in [0, 0.05) is 32.0 Å². The lowest BCUT2D eigenvalue weighted by Crippen LogP contribution is -2.50. The van der Waals surface area contributed by atoms with Crippen LogP contribution in [0.5, 0.6) is 0 Å². The van der Waals surface area contributed by atoms with Crippen molar-refractivity contribution >= 4 is 5.91 Å². The molecule has 0 aliphatic carbocycles. The van der Waals surface area contributed by atoms with Crippen molar-refractivity contribution in [2.45, 2.75) is 6.42 Å². The summed E-state index contributed by atoms with van der Waals surface area (Å²) in [5.41, 5.74) is 3.51. The van der Waals surface area contributed by atoms with Gasteiger partial charge in [-0.1, -0.05) is 0 Å². The number of nitrogens with one attached hydrogen (secondary N) is 1. The molecule has 5 heteroatoms. The van der Waals surface area contributed by atoms with Crippen LogP contribution in [0.15, 0.2) is 24.5 Å². The van der Waals surface area contributed by atoms with Gasteiger partial charge in [0.05, 0.1) is 5.56 Å². The topological polar surface area (TPSA) is 48.5 Å². The number of carbonyl (C=O) groups excluding carboxylic acids is 1. The van der Waals surface area contributed by atoms with E-state index < -0.39 is 0 Å². The van der Waals surface area contributed by atoms with E-state index in [4.69, 9.17) is 0 Å². The van der Waals surface area contributed by atoms with Gasteiger partial charge in [0.2, 0.25) is 0 Å². The van der Waals surface area contributed by atoms with Crippen LogP contribution in [0.3, 0.4) is 0 Å². The first-order valence-corrected chi connectivity index (χ1v) is 5.56. The van der Waals surface area contributed by atoms with Crippen molar-refractivity contribution in [3.8, 4) is 0 Å². The number of nitrogens with zero attached hydrogens (tertiary/aromatic N) is 3. The molecule has 2 fully saturated rings. The third-order valence-corrected chi connectivity index (χ3v) is 3.19. The summed E-state index contributed by atoms with van der Waals surface area (Å²) in [5.74, 6) is 0.634. The van der Waals surface area contributed by atoms with Gasteiger partial charge in [-0.3, -0.25) is 15.2 Å². The molecule has 0 saturated carbocycles. The van der Waals surface area contributed by atoms with Crippen LogP contribution in [0.4, 0.5) is 0 Å². The smallest absolute Gasteiger partial charge is 0.268 e. The highest BCUT2D eigenvalue weighted by Crippen LogP contribution is 2.25. The van der Waals surface area contributed by atoms with Gasteiger partial charge in [0.15, 0.2) is 0 Å². The maximum Gasteiger partial charge on any atom is 0.268 e. The zero-order valence-electron chi connectivity index (χ0n) is 8.97. The minimum Gasteiger partial charge on any atom is -0.271 e. The number of fused-ring (bicyclic) bond motifs is 2. The zero-order chi connectivity index (χ0) is 11.0. The maximum atomic E-state index is 11.9. The van der Waals surface area contributed by atoms with Gasteiger partial charge in [0.1, 0.15) is 0 Å². The van der Waals surface area contributed by atoms with Crippen LogP contribution >= 0.6 is 0 Å². The van der Waals surface area contributed by atoms with E-state index >= 15 is 0 Å². The molecular weight excluding hydrogens is 204 g/mol. The van der Waals surface area contributed by atoms with E-state index in [1.807, 2.05) is 5.12 Å². The number of aromatic nitrogens is 1. The van der Waals surface area contributed by atoms with E-state index in [9.17, 15) is 4.79 Å². The van der Waals surface area contributed by atoms with Gasteiger partial charge in [-0.05, 0) is 24.5 Å². The Morgan fingerprint density at radius 2 is 2.44 bits per heavy atom. The Morgan fingerprint density at radius 1 is 1.50 bits per heavy atom. The van der Waals surface area contributed by atoms with Crippen LogP contribution in [0.1, 0.15) is 16.8 Å². The summed E-state index contributed by atoms with van der Waals surface area (Å²) in [7, 11) is 0. The summed E-state index contributed by atoms with van der Waals surface area (Å²) < 4.78 is 0. The molecule has 3 rings (SSSR count). The van der Waals surface area contributed by atoms with Gasteiger partial charge in [-0.15, -0.1) is 0 Å². The summed E-state index contributed by atoms with van der Waals surface area (Å²) in [6.45, 7) is 3.07. The number of pyridine rings is 1. The van der Waals surface area contributed by atoms with E-state index in [1.54, 1.807) is 24.5 Å². The van der Waals surface area contributed by atoms with Crippen LogP contribution in [0.25, 0.3) is 0 Å². The zero-order valence-corrected chi connectivity index (χ0v) is 8.97. The predicted molar refractivity (Wildman–Crippen MR) is 58.1 cm³/mol. The molecule has 2 atom stereocenters. The molecule has 2 aliphatic heterocycles. The van der Waals surface area contributed by atoms with Crippen molar-refractivity contribution in [2.24, 2.45) is 5.92 Å². The molecule has 2 aliphatic rings. The summed E-state index contributed by atoms with van der Waals surface area (Å²) in [6.07, 6.45) is 4.50. The summed E-state index contributed by atoms with van der Waals surface area (Å²) >= 11 is 0. The second-order valence-electron chi connectivity index (χ2n) is 4.33. The molecule has 1 aromatic heterocycles. The maximum absolute atomic E-state index is 11.9. The van der Waals surface area contributed by atoms with Crippen molar-refractivity contribution < 1.29 is 4.79 Å². The number of carbonyl (C=O) groups is 1. The first-order chi connectivity index (χ1) is 7.83. The molecular formula is C11H14N4O. The van der Waals surface area contributed by atoms with Crippen molar-refractivity contribution in [3.63, 3.8) is 0 Å². The lowest BCUT2D eigenvalue weighted by molar-refractivity contribution is -0.0214. The van der Waals surface area contributed by atoms with Crippen molar-refractivity contribution in [1.82, 2.24) is 20.5 Å². The number of amides is 1. The fraction of sp³-hybridized carbons (Fsp3) is 0.455. The molecule has 1 N–H and O–H groups in total. The lowest BCUT2D eigenvalue weighted by atomic mass is 10.1. The van der Waals surface area contributed by atoms with E-state index in [-0.39, 0.29) is 5.91 Å². The molecule has 2 unspecified atom stereocenters. The first-order valence-electron chi connectivity index (χ1n) is 5.56. The van der Waals surface area contributed by atoms with E-state index in [2.05, 4.69) is 15.4 Å². The Kier molecular flexibility index (Phi) is 2.34. The quantitative estimate of drug-likeness (QED) is 0.774. The third-order valence-electron chi connectivity index (χ3n) is 3.19. The molecule has 0 radical (unpaired) electrons. The lowest BCUT2D eigenvalue weighted by Gasteiger charge is -2.28. The molecule has 16 heavy (non-hydrogen) atoms. The molecule has 1 amide bonds. The Balaban J connectivity index is 1.65. The van der Waals surface area contributed by atoms with Gasteiger partial charge >= 0.3 is 0 Å². The normalized spacial score (nSPS) is 28.2. The molecule has 0 aromatic carbocycles. The molecule has 1 aromatic rings. The van der Waals surface area contributed by atoms with Gasteiger partial charge in [-0.2, -0.15) is 5.12 Å². The number of hydrogen-bond donors (Lipinski definition) is 1. The minimum atomic E-state index is -0.0827. The number of hydrogen-bond acceptors (Lipinski definition) is 4. The Bertz CT molecular complexity index is 394. The largest absolute Gasteiger partial charge is 0.271 e. The van der Waals surface area contributed by atoms with Crippen molar-refractivity contribution in [3.05, 3.63) is 30.1 Å². The SMILES string of the molecule is O=C(NN1CC2CCN1C2)c1cccnc1.